The molecule has 24 heavy (non-hydrogen) atoms. The predicted molar refractivity (Wildman–Crippen MR) is 77.2 cm³/mol. The Bertz CT molecular complexity index is 734. The van der Waals surface area contributed by atoms with Crippen molar-refractivity contribution in [2.75, 3.05) is 6.61 Å². The third-order valence-corrected chi connectivity index (χ3v) is 5.75. The average Bonchev–Trinajstić information content (AvgIpc) is 2.49. The van der Waals surface area contributed by atoms with Crippen LogP contribution < -0.4 is 25.9 Å². The lowest BCUT2D eigenvalue weighted by Crippen LogP contribution is -3.61. The molecule has 0 spiro atoms. The molecule has 0 fully saturated rings. The minimum absolute atomic E-state index is 0.130. The van der Waals surface area contributed by atoms with Gasteiger partial charge in [0.1, 0.15) is 0 Å². The lowest BCUT2D eigenvalue weighted by atomic mass is 10.3. The fourth-order valence-electron chi connectivity index (χ4n) is 1.39. The van der Waals surface area contributed by atoms with Gasteiger partial charge >= 0.3 is 26.7 Å². The molecule has 0 radical (unpaired) electrons. The van der Waals surface area contributed by atoms with Crippen LogP contribution in [0.4, 0.5) is 13.2 Å². The Kier molecular flexibility index (Phi) is 7.97. The molecule has 0 amide bonds. The molecule has 0 aliphatic carbocycles. The summed E-state index contributed by atoms with van der Waals surface area (Å²) in [6, 6.07) is 19.0. The highest BCUT2D eigenvalue weighted by Gasteiger charge is 2.36. The van der Waals surface area contributed by atoms with Crippen LogP contribution in [-0.2, 0) is 10.1 Å². The fraction of sp³-hybridized carbons (Fsp3) is 0.200. The van der Waals surface area contributed by atoms with E-state index in [1.807, 2.05) is 13.0 Å². The maximum atomic E-state index is 10.7. The van der Waals surface area contributed by atoms with Crippen LogP contribution in [0, 0.1) is 7.14 Å². The monoisotopic (exact) mass is 474 g/mol. The van der Waals surface area contributed by atoms with Crippen LogP contribution in [0.1, 0.15) is 6.92 Å². The smallest absolute Gasteiger partial charge is 0.485 e. The van der Waals surface area contributed by atoms with Crippen molar-refractivity contribution < 1.29 is 52.1 Å². The van der Waals surface area contributed by atoms with Crippen molar-refractivity contribution in [3.8, 4) is 5.75 Å². The molecule has 132 valence electrons. The van der Waals surface area contributed by atoms with Crippen molar-refractivity contribution in [3.05, 3.63) is 61.7 Å². The predicted octanol–water partition coefficient (Wildman–Crippen LogP) is 0.265. The highest BCUT2D eigenvalue weighted by molar-refractivity contribution is 7.86. The second-order valence-electron chi connectivity index (χ2n) is 4.15. The van der Waals surface area contributed by atoms with E-state index in [0.717, 1.165) is 12.4 Å². The zero-order valence-corrected chi connectivity index (χ0v) is 15.4. The van der Waals surface area contributed by atoms with Gasteiger partial charge in [-0.2, -0.15) is 13.2 Å². The summed E-state index contributed by atoms with van der Waals surface area (Å²) >= 11 is -0.130. The van der Waals surface area contributed by atoms with Crippen molar-refractivity contribution in [1.29, 1.82) is 0 Å². The lowest BCUT2D eigenvalue weighted by Gasteiger charge is -2.08. The molecular formula is C15H14F3IO4S. The topological polar surface area (TPSA) is 66.4 Å². The zero-order chi connectivity index (χ0) is 18.2. The average molecular weight is 474 g/mol. The summed E-state index contributed by atoms with van der Waals surface area (Å²) in [4.78, 5) is 0. The van der Waals surface area contributed by atoms with Gasteiger partial charge in [0.2, 0.25) is 3.57 Å². The quantitative estimate of drug-likeness (QED) is 0.363. The van der Waals surface area contributed by atoms with Crippen LogP contribution in [0.25, 0.3) is 0 Å². The van der Waals surface area contributed by atoms with Crippen LogP contribution in [0.3, 0.4) is 0 Å². The van der Waals surface area contributed by atoms with Crippen molar-refractivity contribution in [1.82, 2.24) is 0 Å². The van der Waals surface area contributed by atoms with E-state index in [9.17, 15) is 13.2 Å². The Balaban J connectivity index is 0.000000307. The summed E-state index contributed by atoms with van der Waals surface area (Å²) in [7, 11) is -6.09. The molecule has 0 unspecified atom stereocenters. The maximum Gasteiger partial charge on any atom is 0.485 e. The molecule has 2 aromatic rings. The summed E-state index contributed by atoms with van der Waals surface area (Å²) < 4.78 is 67.3. The van der Waals surface area contributed by atoms with Gasteiger partial charge in [0.15, 0.2) is 19.4 Å². The number of rotatable bonds is 4. The van der Waals surface area contributed by atoms with Crippen molar-refractivity contribution >= 4 is 10.1 Å². The molecule has 0 saturated heterocycles. The van der Waals surface area contributed by atoms with Gasteiger partial charge in [-0.1, -0.05) is 30.3 Å². The van der Waals surface area contributed by atoms with Crippen LogP contribution in [0.2, 0.25) is 0 Å². The number of halogens is 4. The van der Waals surface area contributed by atoms with Gasteiger partial charge in [0.25, 0.3) is 0 Å². The van der Waals surface area contributed by atoms with Gasteiger partial charge in [0, 0.05) is 0 Å². The molecule has 9 heteroatoms. The fourth-order valence-corrected chi connectivity index (χ4v) is 3.83. The van der Waals surface area contributed by atoms with E-state index in [2.05, 4.69) is 48.5 Å². The van der Waals surface area contributed by atoms with E-state index in [1.165, 1.54) is 7.14 Å². The van der Waals surface area contributed by atoms with E-state index in [4.69, 9.17) is 17.7 Å². The standard InChI is InChI=1S/C14H14IO.CHF3O3S/c1-2-16-14-11-7-6-10-13(14)15-12-8-4-3-5-9-12;2-1(3,4)8(5,6)7/h3-11H,2H2,1H3;(H,5,6,7)/q+1;/p-1. The van der Waals surface area contributed by atoms with Crippen LogP contribution in [0.15, 0.2) is 54.6 Å². The van der Waals surface area contributed by atoms with E-state index >= 15 is 0 Å². The molecule has 2 rings (SSSR count). The second kappa shape index (κ2) is 9.23. The number of hydrogen-bond acceptors (Lipinski definition) is 4. The minimum atomic E-state index is -6.09. The number of benzene rings is 2. The van der Waals surface area contributed by atoms with Crippen molar-refractivity contribution in [3.63, 3.8) is 0 Å². The highest BCUT2D eigenvalue weighted by atomic mass is 127. The van der Waals surface area contributed by atoms with E-state index < -0.39 is 15.6 Å². The van der Waals surface area contributed by atoms with E-state index in [1.54, 1.807) is 0 Å². The van der Waals surface area contributed by atoms with Crippen molar-refractivity contribution in [2.45, 2.75) is 12.4 Å². The van der Waals surface area contributed by atoms with Gasteiger partial charge in [-0.25, -0.2) is 8.42 Å². The Morgan fingerprint density at radius 3 is 2.04 bits per heavy atom. The second-order valence-corrected chi connectivity index (χ2v) is 8.47. The number of hydrogen-bond donors (Lipinski definition) is 0. The Morgan fingerprint density at radius 1 is 1.04 bits per heavy atom. The molecule has 0 saturated carbocycles. The largest absolute Gasteiger partial charge is 0.741 e. The first-order valence-corrected chi connectivity index (χ1v) is 10.2. The van der Waals surface area contributed by atoms with Gasteiger partial charge in [0.05, 0.1) is 6.61 Å². The van der Waals surface area contributed by atoms with Gasteiger partial charge in [-0.15, -0.1) is 0 Å². The van der Waals surface area contributed by atoms with Crippen molar-refractivity contribution in [2.24, 2.45) is 0 Å². The van der Waals surface area contributed by atoms with Gasteiger partial charge in [-0.05, 0) is 31.2 Å². The van der Waals surface area contributed by atoms with Crippen LogP contribution >= 0.6 is 0 Å². The van der Waals surface area contributed by atoms with Gasteiger partial charge in [-0.3, -0.25) is 0 Å². The molecule has 0 bridgehead atoms. The molecule has 0 N–H and O–H groups in total. The van der Waals surface area contributed by atoms with Gasteiger partial charge < -0.3 is 9.29 Å². The van der Waals surface area contributed by atoms with E-state index in [-0.39, 0.29) is 21.2 Å². The molecule has 2 aromatic carbocycles. The highest BCUT2D eigenvalue weighted by Crippen LogP contribution is 2.20. The maximum absolute atomic E-state index is 10.7. The van der Waals surface area contributed by atoms with Crippen LogP contribution in [0.5, 0.6) is 5.75 Å². The number of para-hydroxylation sites is 1. The normalized spacial score (nSPS) is 11.4. The summed E-state index contributed by atoms with van der Waals surface area (Å²) in [5.74, 6) is 1.04. The molecular weight excluding hydrogens is 460 g/mol. The molecule has 0 aliphatic rings. The third-order valence-electron chi connectivity index (χ3n) is 2.36. The Hall–Kier alpha value is -1.33. The number of alkyl halides is 3. The molecule has 0 aliphatic heterocycles. The van der Waals surface area contributed by atoms with Crippen LogP contribution in [-0.4, -0.2) is 25.1 Å². The lowest BCUT2D eigenvalue weighted by molar-refractivity contribution is -0.598. The molecule has 0 aromatic heterocycles. The summed E-state index contributed by atoms with van der Waals surface area (Å²) in [5, 5.41) is 0. The minimum Gasteiger partial charge on any atom is -0.741 e. The SMILES string of the molecule is CCOc1ccccc1[I+]c1ccccc1.O=S(=O)([O-])C(F)(F)F. The third kappa shape index (κ3) is 7.05. The Morgan fingerprint density at radius 2 is 1.54 bits per heavy atom. The zero-order valence-electron chi connectivity index (χ0n) is 12.5. The Labute approximate surface area is 148 Å². The first-order valence-electron chi connectivity index (χ1n) is 6.59. The number of ether oxygens (including phenoxy) is 1. The molecule has 0 heterocycles. The first kappa shape index (κ1) is 20.7. The molecule has 4 nitrogen and oxygen atoms in total. The summed E-state index contributed by atoms with van der Waals surface area (Å²) in [6.45, 7) is 2.76. The first-order chi connectivity index (χ1) is 11.1. The molecule has 0 atom stereocenters. The van der Waals surface area contributed by atoms with E-state index in [0.29, 0.717) is 0 Å². The summed E-state index contributed by atoms with van der Waals surface area (Å²) in [5.41, 5.74) is -5.65. The summed E-state index contributed by atoms with van der Waals surface area (Å²) in [6.07, 6.45) is 0.